The molecule has 1 saturated heterocycles. The average Bonchev–Trinajstić information content (AvgIpc) is 2.98. The molecule has 1 aliphatic rings. The summed E-state index contributed by atoms with van der Waals surface area (Å²) in [5.41, 5.74) is 0.344. The van der Waals surface area contributed by atoms with E-state index < -0.39 is 35.2 Å². The number of halogens is 2. The summed E-state index contributed by atoms with van der Waals surface area (Å²) in [4.78, 5) is 38.0. The summed E-state index contributed by atoms with van der Waals surface area (Å²) in [5.74, 6) is -2.21. The van der Waals surface area contributed by atoms with Crippen LogP contribution in [-0.4, -0.2) is 41.7 Å². The van der Waals surface area contributed by atoms with Crippen molar-refractivity contribution in [2.45, 2.75) is 20.0 Å². The van der Waals surface area contributed by atoms with Crippen LogP contribution in [0.1, 0.15) is 19.4 Å². The quantitative estimate of drug-likeness (QED) is 0.613. The van der Waals surface area contributed by atoms with Crippen LogP contribution < -0.4 is 14.8 Å². The number of hydrogen-bond acceptors (Lipinski definition) is 6. The van der Waals surface area contributed by atoms with E-state index in [9.17, 15) is 23.2 Å². The predicted molar refractivity (Wildman–Crippen MR) is 116 cm³/mol. The molecule has 0 saturated carbocycles. The SMILES string of the molecule is COc1cc(C=C2SC(=O)N(CC(=O)Nc3ccc(F)cc3F)C2=O)ccc1OC(C)C. The van der Waals surface area contributed by atoms with Crippen molar-refractivity contribution in [3.05, 3.63) is 58.5 Å². The van der Waals surface area contributed by atoms with Crippen molar-refractivity contribution in [1.82, 2.24) is 4.90 Å². The topological polar surface area (TPSA) is 84.9 Å². The smallest absolute Gasteiger partial charge is 0.294 e. The largest absolute Gasteiger partial charge is 0.493 e. The molecule has 0 spiro atoms. The van der Waals surface area contributed by atoms with E-state index in [-0.39, 0.29) is 16.7 Å². The summed E-state index contributed by atoms with van der Waals surface area (Å²) < 4.78 is 37.7. The number of carbonyl (C=O) groups excluding carboxylic acids is 3. The summed E-state index contributed by atoms with van der Waals surface area (Å²) in [7, 11) is 1.49. The van der Waals surface area contributed by atoms with Crippen molar-refractivity contribution in [2.24, 2.45) is 0 Å². The minimum absolute atomic E-state index is 0.0548. The zero-order valence-corrected chi connectivity index (χ0v) is 18.3. The monoisotopic (exact) mass is 462 g/mol. The molecule has 0 aromatic heterocycles. The molecule has 168 valence electrons. The van der Waals surface area contributed by atoms with Gasteiger partial charge in [0.05, 0.1) is 23.8 Å². The fraction of sp³-hybridized carbons (Fsp3) is 0.227. The van der Waals surface area contributed by atoms with Gasteiger partial charge in [-0.3, -0.25) is 19.3 Å². The Balaban J connectivity index is 1.72. The van der Waals surface area contributed by atoms with E-state index in [1.807, 2.05) is 13.8 Å². The summed E-state index contributed by atoms with van der Waals surface area (Å²) in [5, 5.41) is 1.58. The second kappa shape index (κ2) is 9.82. The molecular weight excluding hydrogens is 442 g/mol. The number of carbonyl (C=O) groups is 3. The van der Waals surface area contributed by atoms with Gasteiger partial charge in [-0.05, 0) is 61.5 Å². The normalized spacial score (nSPS) is 14.9. The van der Waals surface area contributed by atoms with Gasteiger partial charge in [-0.25, -0.2) is 8.78 Å². The number of rotatable bonds is 7. The van der Waals surface area contributed by atoms with Crippen LogP contribution in [0, 0.1) is 11.6 Å². The van der Waals surface area contributed by atoms with Crippen molar-refractivity contribution < 1.29 is 32.6 Å². The maximum absolute atomic E-state index is 13.7. The van der Waals surface area contributed by atoms with Crippen LogP contribution in [0.2, 0.25) is 0 Å². The number of hydrogen-bond donors (Lipinski definition) is 1. The number of methoxy groups -OCH3 is 1. The number of ether oxygens (including phenoxy) is 2. The fourth-order valence-electron chi connectivity index (χ4n) is 2.84. The summed E-state index contributed by atoms with van der Waals surface area (Å²) in [6.45, 7) is 3.15. The number of benzene rings is 2. The number of anilines is 1. The highest BCUT2D eigenvalue weighted by atomic mass is 32.2. The predicted octanol–water partition coefficient (Wildman–Crippen LogP) is 4.44. The molecule has 0 bridgehead atoms. The Kier molecular flexibility index (Phi) is 7.14. The Morgan fingerprint density at radius 3 is 2.56 bits per heavy atom. The molecule has 0 unspecified atom stereocenters. The highest BCUT2D eigenvalue weighted by molar-refractivity contribution is 8.18. The molecule has 1 N–H and O–H groups in total. The number of nitrogens with one attached hydrogen (secondary N) is 1. The first-order valence-corrected chi connectivity index (χ1v) is 10.3. The second-order valence-corrected chi connectivity index (χ2v) is 8.01. The molecule has 7 nitrogen and oxygen atoms in total. The Labute approximate surface area is 187 Å². The first kappa shape index (κ1) is 23.3. The molecule has 0 radical (unpaired) electrons. The molecule has 0 aliphatic carbocycles. The van der Waals surface area contributed by atoms with Crippen LogP contribution in [0.4, 0.5) is 19.3 Å². The van der Waals surface area contributed by atoms with Gasteiger partial charge >= 0.3 is 0 Å². The Morgan fingerprint density at radius 2 is 1.91 bits per heavy atom. The highest BCUT2D eigenvalue weighted by Crippen LogP contribution is 2.34. The molecule has 1 fully saturated rings. The molecule has 3 rings (SSSR count). The third kappa shape index (κ3) is 5.44. The summed E-state index contributed by atoms with van der Waals surface area (Å²) >= 11 is 0.681. The Bertz CT molecular complexity index is 1100. The van der Waals surface area contributed by atoms with E-state index in [0.717, 1.165) is 17.0 Å². The number of thioether (sulfide) groups is 1. The molecule has 0 atom stereocenters. The van der Waals surface area contributed by atoms with Gasteiger partial charge in [-0.1, -0.05) is 6.07 Å². The lowest BCUT2D eigenvalue weighted by molar-refractivity contribution is -0.127. The van der Waals surface area contributed by atoms with Crippen LogP contribution >= 0.6 is 11.8 Å². The van der Waals surface area contributed by atoms with Crippen LogP contribution in [0.5, 0.6) is 11.5 Å². The second-order valence-electron chi connectivity index (χ2n) is 7.02. The first-order valence-electron chi connectivity index (χ1n) is 9.53. The van der Waals surface area contributed by atoms with Gasteiger partial charge in [-0.2, -0.15) is 0 Å². The van der Waals surface area contributed by atoms with Crippen LogP contribution in [0.3, 0.4) is 0 Å². The third-order valence-corrected chi connectivity index (χ3v) is 5.14. The van der Waals surface area contributed by atoms with E-state index in [2.05, 4.69) is 5.32 Å². The van der Waals surface area contributed by atoms with Gasteiger partial charge in [0.1, 0.15) is 18.2 Å². The minimum Gasteiger partial charge on any atom is -0.493 e. The van der Waals surface area contributed by atoms with Crippen molar-refractivity contribution in [3.8, 4) is 11.5 Å². The Hall–Kier alpha value is -3.40. The fourth-order valence-corrected chi connectivity index (χ4v) is 3.68. The maximum Gasteiger partial charge on any atom is 0.294 e. The number of nitrogens with zero attached hydrogens (tertiary/aromatic N) is 1. The first-order chi connectivity index (χ1) is 15.2. The summed E-state index contributed by atoms with van der Waals surface area (Å²) in [6, 6.07) is 7.71. The number of imide groups is 1. The van der Waals surface area contributed by atoms with Gasteiger partial charge in [0.15, 0.2) is 11.5 Å². The molecule has 1 aliphatic heterocycles. The van der Waals surface area contributed by atoms with E-state index in [0.29, 0.717) is 34.9 Å². The molecule has 32 heavy (non-hydrogen) atoms. The number of amides is 3. The lowest BCUT2D eigenvalue weighted by Gasteiger charge is -2.14. The molecule has 1 heterocycles. The molecule has 2 aromatic rings. The van der Waals surface area contributed by atoms with Gasteiger partial charge in [0.2, 0.25) is 5.91 Å². The van der Waals surface area contributed by atoms with Gasteiger partial charge < -0.3 is 14.8 Å². The van der Waals surface area contributed by atoms with Crippen LogP contribution in [0.15, 0.2) is 41.3 Å². The highest BCUT2D eigenvalue weighted by Gasteiger charge is 2.36. The van der Waals surface area contributed by atoms with Crippen molar-refractivity contribution in [1.29, 1.82) is 0 Å². The lowest BCUT2D eigenvalue weighted by Crippen LogP contribution is -2.36. The van der Waals surface area contributed by atoms with Gasteiger partial charge in [0, 0.05) is 6.07 Å². The lowest BCUT2D eigenvalue weighted by atomic mass is 10.2. The minimum atomic E-state index is -0.966. The molecule has 3 amide bonds. The van der Waals surface area contributed by atoms with E-state index in [1.54, 1.807) is 18.2 Å². The van der Waals surface area contributed by atoms with E-state index in [1.165, 1.54) is 13.2 Å². The van der Waals surface area contributed by atoms with Crippen molar-refractivity contribution in [3.63, 3.8) is 0 Å². The third-order valence-electron chi connectivity index (χ3n) is 4.23. The average molecular weight is 462 g/mol. The van der Waals surface area contributed by atoms with Crippen LogP contribution in [0.25, 0.3) is 6.08 Å². The summed E-state index contributed by atoms with van der Waals surface area (Å²) in [6.07, 6.45) is 1.45. The molecule has 2 aromatic carbocycles. The zero-order chi connectivity index (χ0) is 23.4. The maximum atomic E-state index is 13.7. The Morgan fingerprint density at radius 1 is 1.16 bits per heavy atom. The molecule has 10 heteroatoms. The molecular formula is C22H20F2N2O5S. The standard InChI is InChI=1S/C22H20F2N2O5S/c1-12(2)31-17-7-4-13(8-18(17)30-3)9-19-21(28)26(22(29)32-19)11-20(27)25-16-6-5-14(23)10-15(16)24/h4-10,12H,11H2,1-3H3,(H,25,27). The van der Waals surface area contributed by atoms with E-state index >= 15 is 0 Å². The van der Waals surface area contributed by atoms with Crippen LogP contribution in [-0.2, 0) is 9.59 Å². The zero-order valence-electron chi connectivity index (χ0n) is 17.5. The van der Waals surface area contributed by atoms with Crippen molar-refractivity contribution in [2.75, 3.05) is 19.0 Å². The van der Waals surface area contributed by atoms with Crippen molar-refractivity contribution >= 4 is 40.6 Å². The van der Waals surface area contributed by atoms with Gasteiger partial charge in [-0.15, -0.1) is 0 Å². The van der Waals surface area contributed by atoms with Gasteiger partial charge in [0.25, 0.3) is 11.1 Å². The van der Waals surface area contributed by atoms with E-state index in [4.69, 9.17) is 9.47 Å².